The number of ether oxygens (including phenoxy) is 1. The van der Waals surface area contributed by atoms with Crippen LogP contribution >= 0.6 is 0 Å². The van der Waals surface area contributed by atoms with Crippen LogP contribution in [0.5, 0.6) is 11.5 Å². The molecule has 1 heterocycles. The fraction of sp³-hybridized carbons (Fsp3) is 0.0222. The Bertz CT molecular complexity index is 2540. The van der Waals surface area contributed by atoms with Crippen molar-refractivity contribution in [3.8, 4) is 22.6 Å². The van der Waals surface area contributed by atoms with Crippen molar-refractivity contribution in [2.24, 2.45) is 0 Å². The monoisotopic (exact) mass is 584 g/mol. The first-order valence-corrected chi connectivity index (χ1v) is 16.0. The number of benzene rings is 9. The van der Waals surface area contributed by atoms with Crippen LogP contribution in [0.25, 0.3) is 65.0 Å². The van der Waals surface area contributed by atoms with E-state index in [2.05, 4.69) is 164 Å². The van der Waals surface area contributed by atoms with Crippen molar-refractivity contribution < 1.29 is 4.74 Å². The van der Waals surface area contributed by atoms with Crippen LogP contribution in [-0.4, -0.2) is 0 Å². The fourth-order valence-electron chi connectivity index (χ4n) is 7.90. The normalized spacial score (nSPS) is 12.9. The summed E-state index contributed by atoms with van der Waals surface area (Å²) in [6.45, 7) is 0. The van der Waals surface area contributed by atoms with Gasteiger partial charge < -0.3 is 4.74 Å². The third kappa shape index (κ3) is 3.63. The smallest absolute Gasteiger partial charge is 0.140 e. The highest BCUT2D eigenvalue weighted by Gasteiger charge is 2.35. The summed E-state index contributed by atoms with van der Waals surface area (Å²) in [5.41, 5.74) is 6.21. The average molecular weight is 585 g/mol. The molecule has 1 heteroatoms. The Morgan fingerprint density at radius 3 is 1.33 bits per heavy atom. The largest absolute Gasteiger partial charge is 0.455 e. The van der Waals surface area contributed by atoms with Crippen molar-refractivity contribution in [3.63, 3.8) is 0 Å². The molecule has 1 aliphatic heterocycles. The van der Waals surface area contributed by atoms with Gasteiger partial charge in [0.05, 0.1) is 0 Å². The molecule has 0 spiro atoms. The lowest BCUT2D eigenvalue weighted by Crippen LogP contribution is -2.14. The zero-order chi connectivity index (χ0) is 30.2. The van der Waals surface area contributed by atoms with Gasteiger partial charge in [-0.05, 0) is 65.8 Å². The third-order valence-electron chi connectivity index (χ3n) is 9.93. The van der Waals surface area contributed by atoms with E-state index < -0.39 is 0 Å². The second-order valence-electron chi connectivity index (χ2n) is 12.4. The molecule has 0 aliphatic carbocycles. The zero-order valence-corrected chi connectivity index (χ0v) is 25.1. The lowest BCUT2D eigenvalue weighted by Gasteiger charge is -2.33. The SMILES string of the molecule is c1ccc(-c2ccc3cc(C4c5c(c6ccccc6c6ccccc56)Oc5c4c4ccccc4c4ccccc54)ccc3c2)cc1. The number of fused-ring (bicyclic) bond motifs is 13. The van der Waals surface area contributed by atoms with Crippen molar-refractivity contribution in [3.05, 3.63) is 180 Å². The zero-order valence-electron chi connectivity index (χ0n) is 25.1. The molecule has 1 aliphatic rings. The minimum absolute atomic E-state index is 0.0269. The topological polar surface area (TPSA) is 9.23 Å². The van der Waals surface area contributed by atoms with Gasteiger partial charge in [-0.3, -0.25) is 0 Å². The van der Waals surface area contributed by atoms with Crippen LogP contribution in [-0.2, 0) is 0 Å². The summed E-state index contributed by atoms with van der Waals surface area (Å²) >= 11 is 0. The molecule has 9 aromatic rings. The molecule has 0 aromatic heterocycles. The number of rotatable bonds is 2. The summed E-state index contributed by atoms with van der Waals surface area (Å²) in [6.07, 6.45) is 0. The van der Waals surface area contributed by atoms with Gasteiger partial charge >= 0.3 is 0 Å². The Morgan fingerprint density at radius 1 is 0.326 bits per heavy atom. The number of hydrogen-bond acceptors (Lipinski definition) is 1. The highest BCUT2D eigenvalue weighted by molar-refractivity contribution is 6.17. The molecule has 0 radical (unpaired) electrons. The van der Waals surface area contributed by atoms with Gasteiger partial charge in [0.1, 0.15) is 11.5 Å². The molecule has 0 saturated carbocycles. The second-order valence-corrected chi connectivity index (χ2v) is 12.4. The van der Waals surface area contributed by atoms with Gasteiger partial charge in [0.25, 0.3) is 0 Å². The highest BCUT2D eigenvalue weighted by Crippen LogP contribution is 2.57. The molecule has 0 unspecified atom stereocenters. The first-order valence-electron chi connectivity index (χ1n) is 16.0. The minimum atomic E-state index is -0.0269. The van der Waals surface area contributed by atoms with Gasteiger partial charge in [-0.2, -0.15) is 0 Å². The van der Waals surface area contributed by atoms with Gasteiger partial charge in [0.2, 0.25) is 0 Å². The average Bonchev–Trinajstić information content (AvgIpc) is 3.14. The third-order valence-corrected chi connectivity index (χ3v) is 9.93. The van der Waals surface area contributed by atoms with Crippen LogP contribution in [0.2, 0.25) is 0 Å². The van der Waals surface area contributed by atoms with E-state index in [4.69, 9.17) is 4.74 Å². The summed E-state index contributed by atoms with van der Waals surface area (Å²) in [5, 5.41) is 12.2. The Hall–Kier alpha value is -5.92. The Balaban J connectivity index is 1.33. The molecule has 214 valence electrons. The molecule has 46 heavy (non-hydrogen) atoms. The van der Waals surface area contributed by atoms with Crippen LogP contribution in [0.3, 0.4) is 0 Å². The molecule has 0 saturated heterocycles. The van der Waals surface area contributed by atoms with Crippen molar-refractivity contribution in [1.82, 2.24) is 0 Å². The van der Waals surface area contributed by atoms with Crippen LogP contribution in [0.15, 0.2) is 164 Å². The summed E-state index contributed by atoms with van der Waals surface area (Å²) in [5.74, 6) is 1.90. The van der Waals surface area contributed by atoms with Crippen LogP contribution in [0.1, 0.15) is 22.6 Å². The van der Waals surface area contributed by atoms with Crippen molar-refractivity contribution in [2.45, 2.75) is 5.92 Å². The molecule has 0 amide bonds. The van der Waals surface area contributed by atoms with Crippen LogP contribution in [0.4, 0.5) is 0 Å². The van der Waals surface area contributed by atoms with E-state index >= 15 is 0 Å². The highest BCUT2D eigenvalue weighted by atomic mass is 16.5. The Labute approximate surface area is 266 Å². The molecule has 0 N–H and O–H groups in total. The molecule has 0 fully saturated rings. The Morgan fingerprint density at radius 2 is 0.761 bits per heavy atom. The van der Waals surface area contributed by atoms with Crippen LogP contribution < -0.4 is 4.74 Å². The van der Waals surface area contributed by atoms with Gasteiger partial charge in [-0.25, -0.2) is 0 Å². The predicted molar refractivity (Wildman–Crippen MR) is 193 cm³/mol. The first-order chi connectivity index (χ1) is 22.8. The fourth-order valence-corrected chi connectivity index (χ4v) is 7.90. The van der Waals surface area contributed by atoms with Crippen molar-refractivity contribution >= 4 is 53.9 Å². The van der Waals surface area contributed by atoms with E-state index in [1.807, 2.05) is 0 Å². The van der Waals surface area contributed by atoms with Crippen LogP contribution in [0, 0.1) is 0 Å². The maximum atomic E-state index is 7.22. The maximum Gasteiger partial charge on any atom is 0.140 e. The van der Waals surface area contributed by atoms with Crippen molar-refractivity contribution in [1.29, 1.82) is 0 Å². The van der Waals surface area contributed by atoms with E-state index in [9.17, 15) is 0 Å². The van der Waals surface area contributed by atoms with Gasteiger partial charge in [-0.15, -0.1) is 0 Å². The molecule has 10 rings (SSSR count). The first kappa shape index (κ1) is 25.4. The molecule has 9 aromatic carbocycles. The molecule has 0 bridgehead atoms. The number of hydrogen-bond donors (Lipinski definition) is 0. The maximum absolute atomic E-state index is 7.22. The molecule has 0 atom stereocenters. The van der Waals surface area contributed by atoms with Gasteiger partial charge in [-0.1, -0.05) is 158 Å². The lowest BCUT2D eigenvalue weighted by molar-refractivity contribution is 0.467. The lowest BCUT2D eigenvalue weighted by atomic mass is 9.76. The standard InChI is InChI=1S/C45H28O/c1-2-12-28(13-3-1)29-22-23-31-27-32(25-24-30(31)26-29)41-42-37-18-8-4-14-33(37)35-16-6-10-20-39(35)44(42)46-45-40-21-11-7-17-36(40)34-15-5-9-19-38(34)43(41)45/h1-27,41H. The quantitative estimate of drug-likeness (QED) is 0.184. The summed E-state index contributed by atoms with van der Waals surface area (Å²) in [6, 6.07) is 59.6. The molecular formula is C45H28O. The van der Waals surface area contributed by atoms with Crippen molar-refractivity contribution in [2.75, 3.05) is 0 Å². The Kier molecular flexibility index (Phi) is 5.41. The summed E-state index contributed by atoms with van der Waals surface area (Å²) in [4.78, 5) is 0. The molecular weight excluding hydrogens is 556 g/mol. The summed E-state index contributed by atoms with van der Waals surface area (Å²) in [7, 11) is 0. The van der Waals surface area contributed by atoms with Gasteiger partial charge in [0.15, 0.2) is 0 Å². The van der Waals surface area contributed by atoms with E-state index in [1.54, 1.807) is 0 Å². The van der Waals surface area contributed by atoms with E-state index in [0.29, 0.717) is 0 Å². The minimum Gasteiger partial charge on any atom is -0.455 e. The summed E-state index contributed by atoms with van der Waals surface area (Å²) < 4.78 is 7.22. The second kappa shape index (κ2) is 9.79. The predicted octanol–water partition coefficient (Wildman–Crippen LogP) is 12.4. The van der Waals surface area contributed by atoms with E-state index in [-0.39, 0.29) is 5.92 Å². The van der Waals surface area contributed by atoms with E-state index in [0.717, 1.165) is 22.3 Å². The molecule has 1 nitrogen and oxygen atoms in total. The van der Waals surface area contributed by atoms with E-state index in [1.165, 1.54) is 70.9 Å². The van der Waals surface area contributed by atoms with Gasteiger partial charge in [0, 0.05) is 27.8 Å².